The first kappa shape index (κ1) is 12.2. The van der Waals surface area contributed by atoms with Gasteiger partial charge in [0.25, 0.3) is 5.95 Å². The Balaban J connectivity index is 2.10. The summed E-state index contributed by atoms with van der Waals surface area (Å²) >= 11 is 0. The molecule has 100 valence electrons. The van der Waals surface area contributed by atoms with E-state index in [1.165, 1.54) is 16.9 Å². The Labute approximate surface area is 112 Å². The summed E-state index contributed by atoms with van der Waals surface area (Å²) in [6.45, 7) is 0. The van der Waals surface area contributed by atoms with Gasteiger partial charge >= 0.3 is 0 Å². The first-order valence-corrected chi connectivity index (χ1v) is 5.73. The Morgan fingerprint density at radius 3 is 2.55 bits per heavy atom. The van der Waals surface area contributed by atoms with Gasteiger partial charge in [-0.3, -0.25) is 0 Å². The van der Waals surface area contributed by atoms with E-state index in [1.54, 1.807) is 18.5 Å². The Kier molecular flexibility index (Phi) is 2.86. The van der Waals surface area contributed by atoms with E-state index in [2.05, 4.69) is 15.1 Å². The van der Waals surface area contributed by atoms with Crippen LogP contribution in [-0.4, -0.2) is 19.7 Å². The largest absolute Gasteiger partial charge is 0.396 e. The molecule has 1 aromatic carbocycles. The van der Waals surface area contributed by atoms with Crippen molar-refractivity contribution in [3.8, 4) is 17.2 Å². The predicted octanol–water partition coefficient (Wildman–Crippen LogP) is 2.19. The summed E-state index contributed by atoms with van der Waals surface area (Å²) in [4.78, 5) is 8.03. The number of benzene rings is 1. The van der Waals surface area contributed by atoms with Crippen molar-refractivity contribution in [3.05, 3.63) is 54.5 Å². The molecule has 0 bridgehead atoms. The van der Waals surface area contributed by atoms with Crippen LogP contribution >= 0.6 is 0 Å². The molecule has 0 atom stereocenters. The fourth-order valence-corrected chi connectivity index (χ4v) is 1.79. The monoisotopic (exact) mass is 273 g/mol. The normalized spacial score (nSPS) is 10.7. The van der Waals surface area contributed by atoms with Gasteiger partial charge in [0.1, 0.15) is 17.3 Å². The van der Waals surface area contributed by atoms with Gasteiger partial charge in [-0.05, 0) is 18.2 Å². The van der Waals surface area contributed by atoms with Crippen molar-refractivity contribution in [2.24, 2.45) is 0 Å². The van der Waals surface area contributed by atoms with Crippen molar-refractivity contribution in [2.75, 3.05) is 5.73 Å². The second-order valence-electron chi connectivity index (χ2n) is 4.05. The van der Waals surface area contributed by atoms with E-state index in [0.29, 0.717) is 5.95 Å². The molecule has 0 spiro atoms. The maximum absolute atomic E-state index is 13.8. The van der Waals surface area contributed by atoms with Crippen molar-refractivity contribution in [2.45, 2.75) is 0 Å². The summed E-state index contributed by atoms with van der Waals surface area (Å²) in [5.41, 5.74) is 6.41. The van der Waals surface area contributed by atoms with Crippen molar-refractivity contribution >= 4 is 5.69 Å². The lowest BCUT2D eigenvalue weighted by atomic mass is 10.1. The fourth-order valence-electron chi connectivity index (χ4n) is 1.79. The zero-order valence-electron chi connectivity index (χ0n) is 10.2. The highest BCUT2D eigenvalue weighted by molar-refractivity contribution is 5.72. The second kappa shape index (κ2) is 4.69. The highest BCUT2D eigenvalue weighted by atomic mass is 19.1. The topological polar surface area (TPSA) is 69.6 Å². The van der Waals surface area contributed by atoms with Gasteiger partial charge < -0.3 is 5.73 Å². The van der Waals surface area contributed by atoms with Crippen LogP contribution in [0.25, 0.3) is 17.2 Å². The van der Waals surface area contributed by atoms with Crippen LogP contribution in [0.2, 0.25) is 0 Å². The van der Waals surface area contributed by atoms with Crippen LogP contribution < -0.4 is 5.73 Å². The number of nitrogens with zero attached hydrogens (tertiary/aromatic N) is 4. The number of anilines is 1. The minimum absolute atomic E-state index is 0.124. The molecule has 0 amide bonds. The molecule has 3 rings (SSSR count). The molecule has 3 aromatic rings. The number of rotatable bonds is 2. The predicted molar refractivity (Wildman–Crippen MR) is 68.9 cm³/mol. The van der Waals surface area contributed by atoms with Gasteiger partial charge in [0.2, 0.25) is 0 Å². The van der Waals surface area contributed by atoms with Crippen molar-refractivity contribution in [3.63, 3.8) is 0 Å². The molecule has 0 aliphatic rings. The summed E-state index contributed by atoms with van der Waals surface area (Å²) in [7, 11) is 0. The van der Waals surface area contributed by atoms with Gasteiger partial charge in [0.15, 0.2) is 0 Å². The molecular formula is C13H9F2N5. The molecule has 0 aliphatic carbocycles. The van der Waals surface area contributed by atoms with Crippen LogP contribution in [0.1, 0.15) is 0 Å². The minimum atomic E-state index is -0.726. The molecule has 20 heavy (non-hydrogen) atoms. The van der Waals surface area contributed by atoms with Gasteiger partial charge in [-0.1, -0.05) is 0 Å². The van der Waals surface area contributed by atoms with Crippen LogP contribution in [0.4, 0.5) is 14.5 Å². The summed E-state index contributed by atoms with van der Waals surface area (Å²) in [5, 5.41) is 4.14. The van der Waals surface area contributed by atoms with Gasteiger partial charge in [0, 0.05) is 24.0 Å². The zero-order chi connectivity index (χ0) is 14.1. The van der Waals surface area contributed by atoms with Gasteiger partial charge in [-0.15, -0.1) is 0 Å². The van der Waals surface area contributed by atoms with E-state index in [-0.39, 0.29) is 16.9 Å². The zero-order valence-corrected chi connectivity index (χ0v) is 10.2. The van der Waals surface area contributed by atoms with E-state index < -0.39 is 11.6 Å². The number of aromatic nitrogens is 4. The molecule has 0 saturated carbocycles. The third-order valence-corrected chi connectivity index (χ3v) is 2.69. The summed E-state index contributed by atoms with van der Waals surface area (Å²) < 4.78 is 28.0. The Morgan fingerprint density at radius 2 is 1.85 bits per heavy atom. The van der Waals surface area contributed by atoms with Gasteiger partial charge in [-0.2, -0.15) is 5.10 Å². The van der Waals surface area contributed by atoms with Crippen LogP contribution in [0.3, 0.4) is 0 Å². The molecule has 0 saturated heterocycles. The molecule has 7 heteroatoms. The van der Waals surface area contributed by atoms with Crippen molar-refractivity contribution in [1.82, 2.24) is 19.7 Å². The highest BCUT2D eigenvalue weighted by Gasteiger charge is 2.15. The Bertz CT molecular complexity index is 755. The van der Waals surface area contributed by atoms with Crippen LogP contribution in [0, 0.1) is 11.6 Å². The van der Waals surface area contributed by atoms with Crippen LogP contribution in [0.5, 0.6) is 0 Å². The smallest absolute Gasteiger partial charge is 0.250 e. The minimum Gasteiger partial charge on any atom is -0.396 e. The van der Waals surface area contributed by atoms with E-state index in [1.807, 2.05) is 0 Å². The Morgan fingerprint density at radius 1 is 1.10 bits per heavy atom. The molecule has 5 nitrogen and oxygen atoms in total. The van der Waals surface area contributed by atoms with Crippen LogP contribution in [-0.2, 0) is 0 Å². The second-order valence-corrected chi connectivity index (χ2v) is 4.05. The molecule has 2 aromatic heterocycles. The molecule has 2 heterocycles. The number of nitrogens with two attached hydrogens (primary N) is 1. The SMILES string of the molecule is Nc1cn(-c2ncccn2)nc1-c1ccc(F)cc1F. The summed E-state index contributed by atoms with van der Waals surface area (Å²) in [6.07, 6.45) is 4.59. The maximum Gasteiger partial charge on any atom is 0.250 e. The average molecular weight is 273 g/mol. The van der Waals surface area contributed by atoms with E-state index >= 15 is 0 Å². The standard InChI is InChI=1S/C13H9F2N5/c14-8-2-3-9(10(15)6-8)12-11(16)7-20(19-12)13-17-4-1-5-18-13/h1-7H,16H2. The van der Waals surface area contributed by atoms with Gasteiger partial charge in [0.05, 0.1) is 11.9 Å². The number of hydrogen-bond donors (Lipinski definition) is 1. The first-order chi connectivity index (χ1) is 9.65. The molecule has 0 unspecified atom stereocenters. The lowest BCUT2D eigenvalue weighted by molar-refractivity contribution is 0.585. The first-order valence-electron chi connectivity index (χ1n) is 5.73. The van der Waals surface area contributed by atoms with Crippen molar-refractivity contribution in [1.29, 1.82) is 0 Å². The maximum atomic E-state index is 13.8. The number of nitrogen functional groups attached to an aromatic ring is 1. The van der Waals surface area contributed by atoms with Crippen LogP contribution in [0.15, 0.2) is 42.9 Å². The fraction of sp³-hybridized carbons (Fsp3) is 0. The number of hydrogen-bond acceptors (Lipinski definition) is 4. The molecule has 0 fully saturated rings. The summed E-state index contributed by atoms with van der Waals surface area (Å²) in [6, 6.07) is 4.89. The molecule has 0 radical (unpaired) electrons. The quantitative estimate of drug-likeness (QED) is 0.777. The van der Waals surface area contributed by atoms with E-state index in [4.69, 9.17) is 5.73 Å². The van der Waals surface area contributed by atoms with E-state index in [0.717, 1.165) is 12.1 Å². The lowest BCUT2D eigenvalue weighted by Gasteiger charge is -2.01. The summed E-state index contributed by atoms with van der Waals surface area (Å²) in [5.74, 6) is -1.07. The number of halogens is 2. The average Bonchev–Trinajstić information content (AvgIpc) is 2.82. The molecular weight excluding hydrogens is 264 g/mol. The van der Waals surface area contributed by atoms with Gasteiger partial charge in [-0.25, -0.2) is 23.4 Å². The highest BCUT2D eigenvalue weighted by Crippen LogP contribution is 2.27. The third-order valence-electron chi connectivity index (χ3n) is 2.69. The molecule has 0 aliphatic heterocycles. The van der Waals surface area contributed by atoms with E-state index in [9.17, 15) is 8.78 Å². The Hall–Kier alpha value is -2.83. The molecule has 2 N–H and O–H groups in total. The van der Waals surface area contributed by atoms with Crippen molar-refractivity contribution < 1.29 is 8.78 Å². The third kappa shape index (κ3) is 2.09. The lowest BCUT2D eigenvalue weighted by Crippen LogP contribution is -2.00.